The van der Waals surface area contributed by atoms with Crippen LogP contribution in [0.25, 0.3) is 0 Å². The summed E-state index contributed by atoms with van der Waals surface area (Å²) in [5, 5.41) is 5.05. The average Bonchev–Trinajstić information content (AvgIpc) is 2.94. The van der Waals surface area contributed by atoms with Gasteiger partial charge < -0.3 is 5.32 Å². The molecule has 5 nitrogen and oxygen atoms in total. The first-order valence-electron chi connectivity index (χ1n) is 6.70. The van der Waals surface area contributed by atoms with E-state index in [1.165, 1.54) is 11.3 Å². The summed E-state index contributed by atoms with van der Waals surface area (Å²) in [5.74, 6) is 0. The minimum atomic E-state index is -3.46. The van der Waals surface area contributed by atoms with Gasteiger partial charge in [0, 0.05) is 25.5 Å². The smallest absolute Gasteiger partial charge is 0.250 e. The van der Waals surface area contributed by atoms with Crippen LogP contribution in [0.15, 0.2) is 34.1 Å². The highest BCUT2D eigenvalue weighted by Crippen LogP contribution is 2.20. The maximum Gasteiger partial charge on any atom is 0.250 e. The lowest BCUT2D eigenvalue weighted by molar-refractivity contribution is 0.583. The molecular weight excluding hydrogens is 306 g/mol. The van der Waals surface area contributed by atoms with E-state index in [9.17, 15) is 8.42 Å². The van der Waals surface area contributed by atoms with Gasteiger partial charge in [-0.25, -0.2) is 13.1 Å². The zero-order valence-electron chi connectivity index (χ0n) is 12.1. The van der Waals surface area contributed by atoms with Gasteiger partial charge in [-0.1, -0.05) is 6.92 Å². The number of pyridine rings is 1. The Morgan fingerprint density at radius 3 is 2.86 bits per heavy atom. The van der Waals surface area contributed by atoms with Gasteiger partial charge in [0.25, 0.3) is 0 Å². The molecule has 21 heavy (non-hydrogen) atoms. The fraction of sp³-hybridized carbons (Fsp3) is 0.357. The maximum absolute atomic E-state index is 12.3. The highest BCUT2D eigenvalue weighted by atomic mass is 32.2. The maximum atomic E-state index is 12.3. The quantitative estimate of drug-likeness (QED) is 0.817. The third-order valence-corrected chi connectivity index (χ3v) is 5.95. The molecule has 0 aliphatic carbocycles. The summed E-state index contributed by atoms with van der Waals surface area (Å²) in [6.07, 6.45) is 3.39. The van der Waals surface area contributed by atoms with Crippen molar-refractivity contribution in [2.45, 2.75) is 31.1 Å². The van der Waals surface area contributed by atoms with Gasteiger partial charge in [-0.3, -0.25) is 4.98 Å². The van der Waals surface area contributed by atoms with E-state index in [4.69, 9.17) is 0 Å². The predicted molar refractivity (Wildman–Crippen MR) is 84.7 cm³/mol. The van der Waals surface area contributed by atoms with E-state index in [0.29, 0.717) is 10.8 Å². The van der Waals surface area contributed by atoms with Crippen LogP contribution in [-0.2, 0) is 23.1 Å². The summed E-state index contributed by atoms with van der Waals surface area (Å²) in [6, 6.07) is 3.54. The fourth-order valence-electron chi connectivity index (χ4n) is 1.80. The average molecular weight is 325 g/mol. The van der Waals surface area contributed by atoms with Crippen LogP contribution in [-0.4, -0.2) is 19.9 Å². The summed E-state index contributed by atoms with van der Waals surface area (Å²) in [5.41, 5.74) is 2.89. The molecule has 2 aromatic heterocycles. The minimum absolute atomic E-state index is 0.275. The second-order valence-electron chi connectivity index (χ2n) is 4.68. The van der Waals surface area contributed by atoms with E-state index in [2.05, 4.69) is 15.0 Å². The van der Waals surface area contributed by atoms with Crippen molar-refractivity contribution in [1.82, 2.24) is 15.0 Å². The van der Waals surface area contributed by atoms with Crippen LogP contribution >= 0.6 is 11.3 Å². The molecule has 0 fully saturated rings. The van der Waals surface area contributed by atoms with Gasteiger partial charge in [0.2, 0.25) is 10.0 Å². The largest absolute Gasteiger partial charge is 0.313 e. The number of hydrogen-bond acceptors (Lipinski definition) is 5. The Morgan fingerprint density at radius 2 is 2.14 bits per heavy atom. The Bertz CT molecular complexity index is 696. The van der Waals surface area contributed by atoms with Crippen molar-refractivity contribution in [3.63, 3.8) is 0 Å². The molecule has 2 aromatic rings. The molecule has 0 radical (unpaired) electrons. The van der Waals surface area contributed by atoms with E-state index in [1.807, 2.05) is 25.3 Å². The first kappa shape index (κ1) is 16.1. The molecule has 114 valence electrons. The highest BCUT2D eigenvalue weighted by Gasteiger charge is 2.16. The van der Waals surface area contributed by atoms with Crippen molar-refractivity contribution < 1.29 is 8.42 Å². The highest BCUT2D eigenvalue weighted by molar-refractivity contribution is 7.91. The molecule has 0 bridgehead atoms. The number of rotatable bonds is 7. The Kier molecular flexibility index (Phi) is 5.46. The third kappa shape index (κ3) is 4.34. The van der Waals surface area contributed by atoms with Crippen LogP contribution in [0.3, 0.4) is 0 Å². The van der Waals surface area contributed by atoms with Gasteiger partial charge in [0.1, 0.15) is 4.21 Å². The molecule has 7 heteroatoms. The molecular formula is C14H19N3O2S2. The number of aromatic nitrogens is 1. The topological polar surface area (TPSA) is 71.1 Å². The number of hydrogen-bond donors (Lipinski definition) is 2. The minimum Gasteiger partial charge on any atom is -0.313 e. The molecule has 0 saturated heterocycles. The van der Waals surface area contributed by atoms with E-state index in [-0.39, 0.29) is 6.54 Å². The number of nitrogens with one attached hydrogen (secondary N) is 2. The van der Waals surface area contributed by atoms with Crippen LogP contribution in [0.4, 0.5) is 0 Å². The first-order valence-corrected chi connectivity index (χ1v) is 9.06. The lowest BCUT2D eigenvalue weighted by atomic mass is 10.2. The Hall–Kier alpha value is -1.28. The summed E-state index contributed by atoms with van der Waals surface area (Å²) >= 11 is 1.24. The molecule has 2 rings (SSSR count). The predicted octanol–water partition coefficient (Wildman–Crippen LogP) is 2.04. The van der Waals surface area contributed by atoms with Crippen molar-refractivity contribution in [2.75, 3.05) is 6.54 Å². The van der Waals surface area contributed by atoms with Crippen LogP contribution in [0.1, 0.15) is 23.6 Å². The van der Waals surface area contributed by atoms with Gasteiger partial charge in [0.05, 0.1) is 0 Å². The normalized spacial score (nSPS) is 11.7. The number of nitrogens with zero attached hydrogens (tertiary/aromatic N) is 1. The number of aryl methyl sites for hydroxylation is 1. The SMILES string of the molecule is CCNCc1csc(S(=O)(=O)NCc2ccncc2C)c1. The molecule has 0 unspecified atom stereocenters. The van der Waals surface area contributed by atoms with Gasteiger partial charge in [-0.15, -0.1) is 11.3 Å². The second kappa shape index (κ2) is 7.13. The van der Waals surface area contributed by atoms with Gasteiger partial charge in [-0.2, -0.15) is 0 Å². The van der Waals surface area contributed by atoms with Gasteiger partial charge in [-0.05, 0) is 47.7 Å². The summed E-state index contributed by atoms with van der Waals surface area (Å²) in [4.78, 5) is 4.00. The molecule has 0 saturated carbocycles. The van der Waals surface area contributed by atoms with Crippen LogP contribution in [0.2, 0.25) is 0 Å². The van der Waals surface area contributed by atoms with Crippen molar-refractivity contribution in [3.05, 3.63) is 46.6 Å². The molecule has 0 amide bonds. The molecule has 0 aliphatic rings. The molecule has 2 N–H and O–H groups in total. The number of sulfonamides is 1. The molecule has 0 spiro atoms. The second-order valence-corrected chi connectivity index (χ2v) is 7.59. The Morgan fingerprint density at radius 1 is 1.33 bits per heavy atom. The standard InChI is InChI=1S/C14H19N3O2S2/c1-3-15-8-12-6-14(20-10-12)21(18,19)17-9-13-4-5-16-7-11(13)2/h4-7,10,15,17H,3,8-9H2,1-2H3. The van der Waals surface area contributed by atoms with Crippen molar-refractivity contribution in [3.8, 4) is 0 Å². The lowest BCUT2D eigenvalue weighted by Gasteiger charge is -2.07. The van der Waals surface area contributed by atoms with E-state index < -0.39 is 10.0 Å². The zero-order chi connectivity index (χ0) is 15.3. The lowest BCUT2D eigenvalue weighted by Crippen LogP contribution is -2.22. The van der Waals surface area contributed by atoms with Crippen LogP contribution in [0.5, 0.6) is 0 Å². The molecule has 0 atom stereocenters. The number of thiophene rings is 1. The van der Waals surface area contributed by atoms with Crippen LogP contribution < -0.4 is 10.0 Å². The van der Waals surface area contributed by atoms with Crippen molar-refractivity contribution >= 4 is 21.4 Å². The first-order chi connectivity index (χ1) is 10.0. The zero-order valence-corrected chi connectivity index (χ0v) is 13.7. The van der Waals surface area contributed by atoms with Gasteiger partial charge >= 0.3 is 0 Å². The summed E-state index contributed by atoms with van der Waals surface area (Å²) in [7, 11) is -3.46. The Labute approximate surface area is 129 Å². The van der Waals surface area contributed by atoms with E-state index >= 15 is 0 Å². The summed E-state index contributed by atoms with van der Waals surface area (Å²) < 4.78 is 27.5. The van der Waals surface area contributed by atoms with E-state index in [1.54, 1.807) is 18.5 Å². The monoisotopic (exact) mass is 325 g/mol. The molecule has 2 heterocycles. The fourth-order valence-corrected chi connectivity index (χ4v) is 4.06. The van der Waals surface area contributed by atoms with E-state index in [0.717, 1.165) is 23.2 Å². The third-order valence-electron chi connectivity index (χ3n) is 3.06. The van der Waals surface area contributed by atoms with Crippen molar-refractivity contribution in [1.29, 1.82) is 0 Å². The molecule has 0 aliphatic heterocycles. The van der Waals surface area contributed by atoms with Crippen molar-refractivity contribution in [2.24, 2.45) is 0 Å². The molecule has 0 aromatic carbocycles. The Balaban J connectivity index is 2.05. The van der Waals surface area contributed by atoms with Gasteiger partial charge in [0.15, 0.2) is 0 Å². The summed E-state index contributed by atoms with van der Waals surface area (Å²) in [6.45, 7) is 5.75. The van der Waals surface area contributed by atoms with Crippen LogP contribution in [0, 0.1) is 6.92 Å².